The van der Waals surface area contributed by atoms with Crippen molar-refractivity contribution in [2.75, 3.05) is 23.7 Å². The first-order valence-corrected chi connectivity index (χ1v) is 6.43. The van der Waals surface area contributed by atoms with Gasteiger partial charge in [-0.3, -0.25) is 4.68 Å². The van der Waals surface area contributed by atoms with Gasteiger partial charge in [0, 0.05) is 32.8 Å². The zero-order chi connectivity index (χ0) is 13.7. The monoisotopic (exact) mass is 281 g/mol. The molecule has 0 saturated heterocycles. The van der Waals surface area contributed by atoms with Crippen molar-refractivity contribution in [1.82, 2.24) is 24.7 Å². The van der Waals surface area contributed by atoms with Crippen LogP contribution in [-0.2, 0) is 13.5 Å². The van der Waals surface area contributed by atoms with E-state index in [0.717, 1.165) is 18.7 Å². The van der Waals surface area contributed by atoms with Crippen LogP contribution in [-0.4, -0.2) is 37.8 Å². The lowest BCUT2D eigenvalue weighted by Crippen LogP contribution is -2.11. The number of anilines is 2. The Bertz CT molecular complexity index is 540. The van der Waals surface area contributed by atoms with Gasteiger partial charge >= 0.3 is 0 Å². The third kappa shape index (κ3) is 4.06. The van der Waals surface area contributed by atoms with Gasteiger partial charge in [-0.25, -0.2) is 0 Å². The number of rotatable bonds is 6. The van der Waals surface area contributed by atoms with Crippen LogP contribution in [0.3, 0.4) is 0 Å². The molecule has 0 unspecified atom stereocenters. The fraction of sp³-hybridized carbons (Fsp3) is 0.455. The summed E-state index contributed by atoms with van der Waals surface area (Å²) in [6.45, 7) is 3.38. The Morgan fingerprint density at radius 2 is 1.95 bits per heavy atom. The van der Waals surface area contributed by atoms with Crippen LogP contribution in [0.15, 0.2) is 12.3 Å². The molecule has 102 valence electrons. The molecule has 0 atom stereocenters. The average molecular weight is 282 g/mol. The van der Waals surface area contributed by atoms with Crippen molar-refractivity contribution in [2.45, 2.75) is 13.3 Å². The predicted octanol–water partition coefficient (Wildman–Crippen LogP) is 1.34. The summed E-state index contributed by atoms with van der Waals surface area (Å²) in [5, 5.41) is 10.6. The van der Waals surface area contributed by atoms with Gasteiger partial charge in [-0.15, -0.1) is 0 Å². The van der Waals surface area contributed by atoms with Gasteiger partial charge in [0.05, 0.1) is 5.69 Å². The predicted molar refractivity (Wildman–Crippen MR) is 74.4 cm³/mol. The first-order chi connectivity index (χ1) is 9.17. The van der Waals surface area contributed by atoms with E-state index in [1.165, 1.54) is 0 Å². The van der Waals surface area contributed by atoms with E-state index in [0.29, 0.717) is 18.4 Å². The molecule has 2 rings (SSSR count). The maximum absolute atomic E-state index is 5.83. The summed E-state index contributed by atoms with van der Waals surface area (Å²) in [6.07, 6.45) is 2.71. The first kappa shape index (κ1) is 13.5. The van der Waals surface area contributed by atoms with E-state index in [1.54, 1.807) is 4.68 Å². The van der Waals surface area contributed by atoms with Crippen molar-refractivity contribution >= 4 is 23.5 Å². The molecule has 0 aliphatic rings. The minimum absolute atomic E-state index is 0.172. The Morgan fingerprint density at radius 3 is 2.58 bits per heavy atom. The quantitative estimate of drug-likeness (QED) is 0.832. The third-order valence-corrected chi connectivity index (χ3v) is 2.55. The largest absolute Gasteiger partial charge is 0.354 e. The van der Waals surface area contributed by atoms with Gasteiger partial charge < -0.3 is 10.6 Å². The Morgan fingerprint density at radius 1 is 1.21 bits per heavy atom. The van der Waals surface area contributed by atoms with Gasteiger partial charge in [-0.1, -0.05) is 0 Å². The van der Waals surface area contributed by atoms with Crippen LogP contribution in [0.2, 0.25) is 5.28 Å². The molecule has 2 aromatic heterocycles. The molecule has 0 spiro atoms. The van der Waals surface area contributed by atoms with Crippen molar-refractivity contribution in [2.24, 2.45) is 7.05 Å². The molecule has 8 heteroatoms. The third-order valence-electron chi connectivity index (χ3n) is 2.38. The van der Waals surface area contributed by atoms with E-state index < -0.39 is 0 Å². The molecule has 0 fully saturated rings. The van der Waals surface area contributed by atoms with Gasteiger partial charge in [-0.2, -0.15) is 20.1 Å². The van der Waals surface area contributed by atoms with E-state index >= 15 is 0 Å². The Kier molecular flexibility index (Phi) is 4.51. The summed E-state index contributed by atoms with van der Waals surface area (Å²) in [7, 11) is 1.89. The number of hydrogen-bond donors (Lipinski definition) is 2. The lowest BCUT2D eigenvalue weighted by molar-refractivity contribution is 0.741. The van der Waals surface area contributed by atoms with Crippen LogP contribution >= 0.6 is 11.6 Å². The highest BCUT2D eigenvalue weighted by Crippen LogP contribution is 2.09. The van der Waals surface area contributed by atoms with Crippen LogP contribution in [0.4, 0.5) is 11.9 Å². The topological polar surface area (TPSA) is 80.5 Å². The number of aromatic nitrogens is 5. The molecule has 2 N–H and O–H groups in total. The van der Waals surface area contributed by atoms with Crippen molar-refractivity contribution < 1.29 is 0 Å². The Labute approximate surface area is 116 Å². The highest BCUT2D eigenvalue weighted by Gasteiger charge is 2.04. The zero-order valence-corrected chi connectivity index (χ0v) is 11.6. The van der Waals surface area contributed by atoms with Crippen LogP contribution in [0.1, 0.15) is 12.6 Å². The summed E-state index contributed by atoms with van der Waals surface area (Å²) in [5.74, 6) is 0.940. The second-order valence-corrected chi connectivity index (χ2v) is 4.28. The van der Waals surface area contributed by atoms with Gasteiger partial charge in [-0.05, 0) is 24.6 Å². The van der Waals surface area contributed by atoms with Crippen molar-refractivity contribution in [3.8, 4) is 0 Å². The zero-order valence-electron chi connectivity index (χ0n) is 10.9. The molecule has 0 bridgehead atoms. The van der Waals surface area contributed by atoms with Gasteiger partial charge in [0.2, 0.25) is 17.2 Å². The van der Waals surface area contributed by atoms with E-state index in [2.05, 4.69) is 30.7 Å². The van der Waals surface area contributed by atoms with Crippen LogP contribution in [0.25, 0.3) is 0 Å². The fourth-order valence-corrected chi connectivity index (χ4v) is 1.73. The minimum atomic E-state index is 0.172. The molecular formula is C11H16ClN7. The fourth-order valence-electron chi connectivity index (χ4n) is 1.57. The number of hydrogen-bond acceptors (Lipinski definition) is 6. The highest BCUT2D eigenvalue weighted by atomic mass is 35.5. The van der Waals surface area contributed by atoms with E-state index in [9.17, 15) is 0 Å². The molecule has 0 aliphatic heterocycles. The van der Waals surface area contributed by atoms with Gasteiger partial charge in [0.15, 0.2) is 0 Å². The first-order valence-electron chi connectivity index (χ1n) is 6.05. The molecule has 0 radical (unpaired) electrons. The molecule has 0 aromatic carbocycles. The smallest absolute Gasteiger partial charge is 0.228 e. The molecule has 2 heterocycles. The molecule has 7 nitrogen and oxygen atoms in total. The summed E-state index contributed by atoms with van der Waals surface area (Å²) < 4.78 is 1.78. The Hall–Kier alpha value is -1.89. The van der Waals surface area contributed by atoms with E-state index in [-0.39, 0.29) is 5.28 Å². The van der Waals surface area contributed by atoms with Crippen molar-refractivity contribution in [3.63, 3.8) is 0 Å². The number of nitrogens with zero attached hydrogens (tertiary/aromatic N) is 5. The summed E-state index contributed by atoms with van der Waals surface area (Å²) in [5.41, 5.74) is 1.02. The lowest BCUT2D eigenvalue weighted by Gasteiger charge is -2.06. The molecule has 2 aromatic rings. The number of aryl methyl sites for hydroxylation is 1. The number of halogens is 1. The molecule has 0 amide bonds. The molecule has 0 saturated carbocycles. The summed E-state index contributed by atoms with van der Waals surface area (Å²) in [6, 6.07) is 1.98. The van der Waals surface area contributed by atoms with Crippen LogP contribution in [0.5, 0.6) is 0 Å². The van der Waals surface area contributed by atoms with Gasteiger partial charge in [0.25, 0.3) is 0 Å². The normalized spacial score (nSPS) is 10.5. The van der Waals surface area contributed by atoms with Gasteiger partial charge in [0.1, 0.15) is 0 Å². The number of nitrogens with one attached hydrogen (secondary N) is 2. The molecule has 19 heavy (non-hydrogen) atoms. The SMILES string of the molecule is CCNc1nc(Cl)nc(NCCc2ccn(C)n2)n1. The van der Waals surface area contributed by atoms with Crippen LogP contribution in [0, 0.1) is 0 Å². The summed E-state index contributed by atoms with van der Waals surface area (Å²) >= 11 is 5.83. The van der Waals surface area contributed by atoms with E-state index in [1.807, 2.05) is 26.2 Å². The van der Waals surface area contributed by atoms with Crippen molar-refractivity contribution in [3.05, 3.63) is 23.2 Å². The molecular weight excluding hydrogens is 266 g/mol. The maximum atomic E-state index is 5.83. The second-order valence-electron chi connectivity index (χ2n) is 3.94. The highest BCUT2D eigenvalue weighted by molar-refractivity contribution is 6.28. The average Bonchev–Trinajstić information content (AvgIpc) is 2.75. The minimum Gasteiger partial charge on any atom is -0.354 e. The molecule has 0 aliphatic carbocycles. The lowest BCUT2D eigenvalue weighted by atomic mass is 10.3. The van der Waals surface area contributed by atoms with E-state index in [4.69, 9.17) is 11.6 Å². The summed E-state index contributed by atoms with van der Waals surface area (Å²) in [4.78, 5) is 12.2. The standard InChI is InChI=1S/C11H16ClN7/c1-3-13-10-15-9(12)16-11(17-10)14-6-4-8-5-7-19(2)18-8/h5,7H,3-4,6H2,1-2H3,(H2,13,14,15,16,17). The van der Waals surface area contributed by atoms with Crippen LogP contribution < -0.4 is 10.6 Å². The second kappa shape index (κ2) is 6.33. The maximum Gasteiger partial charge on any atom is 0.228 e. The van der Waals surface area contributed by atoms with Crippen molar-refractivity contribution in [1.29, 1.82) is 0 Å². The Balaban J connectivity index is 1.91.